The van der Waals surface area contributed by atoms with Gasteiger partial charge in [-0.05, 0) is 29.3 Å². The van der Waals surface area contributed by atoms with Gasteiger partial charge in [0.2, 0.25) is 0 Å². The molecule has 1 heterocycles. The van der Waals surface area contributed by atoms with Crippen LogP contribution in [0.1, 0.15) is 18.9 Å². The van der Waals surface area contributed by atoms with Crippen molar-refractivity contribution in [2.75, 3.05) is 5.32 Å². The van der Waals surface area contributed by atoms with Crippen molar-refractivity contribution in [1.82, 2.24) is 20.2 Å². The molecule has 5 nitrogen and oxygen atoms in total. The van der Waals surface area contributed by atoms with Crippen molar-refractivity contribution in [3.63, 3.8) is 0 Å². The van der Waals surface area contributed by atoms with Crippen molar-refractivity contribution in [3.8, 4) is 0 Å². The van der Waals surface area contributed by atoms with Crippen LogP contribution < -0.4 is 5.32 Å². The zero-order chi connectivity index (χ0) is 12.1. The largest absolute Gasteiger partial charge is 0.348 e. The van der Waals surface area contributed by atoms with Crippen LogP contribution in [0.3, 0.4) is 0 Å². The number of benzene rings is 1. The minimum atomic E-state index is 0.549. The molecule has 0 saturated carbocycles. The number of hydrogen-bond donors (Lipinski definition) is 1. The van der Waals surface area contributed by atoms with Gasteiger partial charge in [-0.3, -0.25) is 0 Å². The Balaban J connectivity index is 1.90. The Labute approximate surface area is 105 Å². The first-order chi connectivity index (χ1) is 8.28. The summed E-state index contributed by atoms with van der Waals surface area (Å²) in [5.74, 6) is 0.549. The highest BCUT2D eigenvalue weighted by Crippen LogP contribution is 2.10. The highest BCUT2D eigenvalue weighted by molar-refractivity contribution is 6.30. The van der Waals surface area contributed by atoms with E-state index >= 15 is 0 Å². The van der Waals surface area contributed by atoms with Gasteiger partial charge in [0.25, 0.3) is 5.95 Å². The predicted octanol–water partition coefficient (Wildman–Crippen LogP) is 2.35. The fourth-order valence-corrected chi connectivity index (χ4v) is 1.52. The number of tetrazole rings is 1. The summed E-state index contributed by atoms with van der Waals surface area (Å²) in [4.78, 5) is 1.59. The second-order valence-electron chi connectivity index (χ2n) is 3.69. The second-order valence-corrected chi connectivity index (χ2v) is 4.13. The molecule has 1 aromatic carbocycles. The van der Waals surface area contributed by atoms with Gasteiger partial charge in [0.05, 0.1) is 6.54 Å². The zero-order valence-electron chi connectivity index (χ0n) is 9.60. The number of nitrogens with one attached hydrogen (secondary N) is 1. The first kappa shape index (κ1) is 11.9. The summed E-state index contributed by atoms with van der Waals surface area (Å²) in [5, 5.41) is 15.9. The maximum absolute atomic E-state index is 5.81. The SMILES string of the molecule is CCCn1nnc(NCc2ccc(Cl)cc2)n1. The van der Waals surface area contributed by atoms with Crippen molar-refractivity contribution in [2.45, 2.75) is 26.4 Å². The highest BCUT2D eigenvalue weighted by atomic mass is 35.5. The molecule has 0 unspecified atom stereocenters. The van der Waals surface area contributed by atoms with E-state index in [-0.39, 0.29) is 0 Å². The lowest BCUT2D eigenvalue weighted by atomic mass is 10.2. The molecule has 0 radical (unpaired) electrons. The van der Waals surface area contributed by atoms with E-state index in [1.165, 1.54) is 0 Å². The van der Waals surface area contributed by atoms with Gasteiger partial charge in [0, 0.05) is 11.6 Å². The van der Waals surface area contributed by atoms with Crippen LogP contribution in [0.5, 0.6) is 0 Å². The minimum Gasteiger partial charge on any atom is -0.348 e. The molecular formula is C11H14ClN5. The van der Waals surface area contributed by atoms with Crippen molar-refractivity contribution in [2.24, 2.45) is 0 Å². The lowest BCUT2D eigenvalue weighted by Crippen LogP contribution is -2.03. The minimum absolute atomic E-state index is 0.549. The number of aromatic nitrogens is 4. The highest BCUT2D eigenvalue weighted by Gasteiger charge is 2.01. The molecule has 0 amide bonds. The molecule has 0 bridgehead atoms. The molecule has 6 heteroatoms. The van der Waals surface area contributed by atoms with Crippen molar-refractivity contribution in [3.05, 3.63) is 34.9 Å². The number of anilines is 1. The van der Waals surface area contributed by atoms with E-state index in [1.54, 1.807) is 4.80 Å². The number of aryl methyl sites for hydroxylation is 1. The van der Waals surface area contributed by atoms with Gasteiger partial charge >= 0.3 is 0 Å². The molecule has 0 aliphatic carbocycles. The smallest absolute Gasteiger partial charge is 0.263 e. The summed E-state index contributed by atoms with van der Waals surface area (Å²) >= 11 is 5.81. The normalized spacial score (nSPS) is 10.5. The van der Waals surface area contributed by atoms with Gasteiger partial charge in [-0.25, -0.2) is 0 Å². The van der Waals surface area contributed by atoms with E-state index in [0.717, 1.165) is 23.6 Å². The van der Waals surface area contributed by atoms with Gasteiger partial charge in [-0.2, -0.15) is 4.80 Å². The van der Waals surface area contributed by atoms with Crippen molar-refractivity contribution >= 4 is 17.5 Å². The summed E-state index contributed by atoms with van der Waals surface area (Å²) in [5.41, 5.74) is 1.13. The van der Waals surface area contributed by atoms with E-state index in [1.807, 2.05) is 24.3 Å². The maximum atomic E-state index is 5.81. The van der Waals surface area contributed by atoms with Crippen LogP contribution in [0.15, 0.2) is 24.3 Å². The fraction of sp³-hybridized carbons (Fsp3) is 0.364. The molecule has 0 fully saturated rings. The fourth-order valence-electron chi connectivity index (χ4n) is 1.39. The molecule has 0 aliphatic rings. The van der Waals surface area contributed by atoms with E-state index < -0.39 is 0 Å². The molecule has 1 aromatic heterocycles. The molecule has 17 heavy (non-hydrogen) atoms. The average molecular weight is 252 g/mol. The van der Waals surface area contributed by atoms with Crippen LogP contribution in [0.4, 0.5) is 5.95 Å². The Morgan fingerprint density at radius 3 is 2.76 bits per heavy atom. The number of halogens is 1. The Hall–Kier alpha value is -1.62. The molecule has 1 N–H and O–H groups in total. The van der Waals surface area contributed by atoms with Gasteiger partial charge in [-0.1, -0.05) is 35.8 Å². The second kappa shape index (κ2) is 5.63. The predicted molar refractivity (Wildman–Crippen MR) is 66.9 cm³/mol. The monoisotopic (exact) mass is 251 g/mol. The van der Waals surface area contributed by atoms with Crippen LogP contribution >= 0.6 is 11.6 Å². The van der Waals surface area contributed by atoms with E-state index in [2.05, 4.69) is 27.7 Å². The Bertz CT molecular complexity index is 465. The summed E-state index contributed by atoms with van der Waals surface area (Å²) in [6.07, 6.45) is 0.993. The van der Waals surface area contributed by atoms with Gasteiger partial charge in [-0.15, -0.1) is 5.10 Å². The van der Waals surface area contributed by atoms with E-state index in [9.17, 15) is 0 Å². The maximum Gasteiger partial charge on any atom is 0.263 e. The molecule has 0 aliphatic heterocycles. The van der Waals surface area contributed by atoms with Crippen LogP contribution in [0.2, 0.25) is 5.02 Å². The third-order valence-corrected chi connectivity index (χ3v) is 2.49. The number of nitrogens with zero attached hydrogens (tertiary/aromatic N) is 4. The Morgan fingerprint density at radius 2 is 2.06 bits per heavy atom. The van der Waals surface area contributed by atoms with Crippen LogP contribution in [-0.2, 0) is 13.1 Å². The molecule has 0 atom stereocenters. The van der Waals surface area contributed by atoms with Gasteiger partial charge in [0.1, 0.15) is 0 Å². The first-order valence-corrected chi connectivity index (χ1v) is 5.92. The third-order valence-electron chi connectivity index (χ3n) is 2.24. The van der Waals surface area contributed by atoms with Crippen molar-refractivity contribution < 1.29 is 0 Å². The Kier molecular flexibility index (Phi) is 3.93. The molecule has 2 aromatic rings. The quantitative estimate of drug-likeness (QED) is 0.886. The van der Waals surface area contributed by atoms with Crippen LogP contribution in [0, 0.1) is 0 Å². The first-order valence-electron chi connectivity index (χ1n) is 5.54. The van der Waals surface area contributed by atoms with Crippen LogP contribution in [0.25, 0.3) is 0 Å². The third kappa shape index (κ3) is 3.42. The average Bonchev–Trinajstić information content (AvgIpc) is 2.77. The van der Waals surface area contributed by atoms with Gasteiger partial charge < -0.3 is 5.32 Å². The molecule has 0 saturated heterocycles. The lowest BCUT2D eigenvalue weighted by Gasteiger charge is -2.01. The molecule has 2 rings (SSSR count). The molecule has 0 spiro atoms. The Morgan fingerprint density at radius 1 is 1.29 bits per heavy atom. The molecule has 90 valence electrons. The van der Waals surface area contributed by atoms with E-state index in [4.69, 9.17) is 11.6 Å². The van der Waals surface area contributed by atoms with Gasteiger partial charge in [0.15, 0.2) is 0 Å². The van der Waals surface area contributed by atoms with Crippen LogP contribution in [-0.4, -0.2) is 20.2 Å². The summed E-state index contributed by atoms with van der Waals surface area (Å²) < 4.78 is 0. The van der Waals surface area contributed by atoms with Crippen molar-refractivity contribution in [1.29, 1.82) is 0 Å². The number of rotatable bonds is 5. The zero-order valence-corrected chi connectivity index (χ0v) is 10.4. The summed E-state index contributed by atoms with van der Waals surface area (Å²) in [6, 6.07) is 7.65. The lowest BCUT2D eigenvalue weighted by molar-refractivity contribution is 0.515. The van der Waals surface area contributed by atoms with E-state index in [0.29, 0.717) is 12.5 Å². The molecular weight excluding hydrogens is 238 g/mol. The standard InChI is InChI=1S/C11H14ClN5/c1-2-7-17-15-11(14-16-17)13-8-9-3-5-10(12)6-4-9/h3-6H,2,7-8H2,1H3,(H,13,15). The topological polar surface area (TPSA) is 55.6 Å². The number of hydrogen-bond acceptors (Lipinski definition) is 4. The summed E-state index contributed by atoms with van der Waals surface area (Å²) in [6.45, 7) is 3.52. The summed E-state index contributed by atoms with van der Waals surface area (Å²) in [7, 11) is 0.